The molecule has 156 valence electrons. The number of halogens is 1. The fourth-order valence-corrected chi connectivity index (χ4v) is 5.27. The maximum absolute atomic E-state index is 12.9. The van der Waals surface area contributed by atoms with E-state index in [9.17, 15) is 13.2 Å². The van der Waals surface area contributed by atoms with Gasteiger partial charge in [-0.3, -0.25) is 4.79 Å². The van der Waals surface area contributed by atoms with Crippen LogP contribution in [0.25, 0.3) is 0 Å². The van der Waals surface area contributed by atoms with Crippen LogP contribution in [0.4, 0.5) is 11.4 Å². The second-order valence-corrected chi connectivity index (χ2v) is 9.31. The molecule has 0 saturated heterocycles. The summed E-state index contributed by atoms with van der Waals surface area (Å²) in [5.74, 6) is -0.235. The van der Waals surface area contributed by atoms with Crippen LogP contribution in [-0.4, -0.2) is 44.3 Å². The third-order valence-electron chi connectivity index (χ3n) is 5.31. The number of amides is 1. The van der Waals surface area contributed by atoms with Gasteiger partial charge in [-0.15, -0.1) is 0 Å². The van der Waals surface area contributed by atoms with Gasteiger partial charge in [0.25, 0.3) is 0 Å². The molecule has 0 aliphatic carbocycles. The molecule has 1 unspecified atom stereocenters. The van der Waals surface area contributed by atoms with Crippen molar-refractivity contribution in [1.82, 2.24) is 4.31 Å². The molecule has 3 rings (SSSR count). The SMILES string of the molecule is CCN(CC)S(=O)(=O)c1ccc(Cl)c(NC(=O)C(C)N2CCc3ccccc32)c1. The van der Waals surface area contributed by atoms with Gasteiger partial charge in [-0.05, 0) is 43.2 Å². The number of hydrogen-bond acceptors (Lipinski definition) is 4. The summed E-state index contributed by atoms with van der Waals surface area (Å²) < 4.78 is 26.9. The van der Waals surface area contributed by atoms with Crippen LogP contribution in [0, 0.1) is 0 Å². The summed E-state index contributed by atoms with van der Waals surface area (Å²) in [5.41, 5.74) is 2.57. The normalized spacial score (nSPS) is 14.7. The van der Waals surface area contributed by atoms with E-state index in [1.807, 2.05) is 25.1 Å². The predicted octanol–water partition coefficient (Wildman–Crippen LogP) is 3.76. The molecule has 0 radical (unpaired) electrons. The van der Waals surface area contributed by atoms with Gasteiger partial charge in [0.05, 0.1) is 15.6 Å². The number of benzene rings is 2. The molecule has 0 bridgehead atoms. The second-order valence-electron chi connectivity index (χ2n) is 6.97. The van der Waals surface area contributed by atoms with Crippen molar-refractivity contribution in [2.45, 2.75) is 38.1 Å². The van der Waals surface area contributed by atoms with E-state index in [1.165, 1.54) is 28.1 Å². The Balaban J connectivity index is 1.82. The van der Waals surface area contributed by atoms with Crippen molar-refractivity contribution in [3.63, 3.8) is 0 Å². The van der Waals surface area contributed by atoms with Gasteiger partial charge in [0.2, 0.25) is 15.9 Å². The zero-order valence-electron chi connectivity index (χ0n) is 16.9. The first-order chi connectivity index (χ1) is 13.8. The first kappa shape index (κ1) is 21.6. The van der Waals surface area contributed by atoms with E-state index in [-0.39, 0.29) is 10.8 Å². The summed E-state index contributed by atoms with van der Waals surface area (Å²) in [6.07, 6.45) is 0.895. The van der Waals surface area contributed by atoms with Crippen molar-refractivity contribution < 1.29 is 13.2 Å². The number of rotatable bonds is 7. The number of sulfonamides is 1. The maximum Gasteiger partial charge on any atom is 0.246 e. The largest absolute Gasteiger partial charge is 0.359 e. The van der Waals surface area contributed by atoms with Crippen molar-refractivity contribution >= 4 is 38.9 Å². The van der Waals surface area contributed by atoms with Crippen LogP contribution < -0.4 is 10.2 Å². The zero-order valence-corrected chi connectivity index (χ0v) is 18.4. The molecule has 2 aromatic carbocycles. The number of para-hydroxylation sites is 1. The van der Waals surface area contributed by atoms with Crippen LogP contribution in [0.1, 0.15) is 26.3 Å². The number of nitrogens with zero attached hydrogens (tertiary/aromatic N) is 2. The molecule has 2 aromatic rings. The topological polar surface area (TPSA) is 69.7 Å². The van der Waals surface area contributed by atoms with Crippen LogP contribution in [0.15, 0.2) is 47.4 Å². The van der Waals surface area contributed by atoms with E-state index >= 15 is 0 Å². The first-order valence-electron chi connectivity index (χ1n) is 9.74. The van der Waals surface area contributed by atoms with Crippen LogP contribution in [0.3, 0.4) is 0 Å². The molecular formula is C21H26ClN3O3S. The fraction of sp³-hybridized carbons (Fsp3) is 0.381. The first-order valence-corrected chi connectivity index (χ1v) is 11.6. The van der Waals surface area contributed by atoms with Crippen LogP contribution in [-0.2, 0) is 21.2 Å². The van der Waals surface area contributed by atoms with Crippen molar-refractivity contribution in [1.29, 1.82) is 0 Å². The minimum absolute atomic E-state index is 0.111. The molecule has 1 aliphatic heterocycles. The summed E-state index contributed by atoms with van der Waals surface area (Å²) in [5, 5.41) is 3.11. The van der Waals surface area contributed by atoms with Crippen LogP contribution >= 0.6 is 11.6 Å². The average Bonchev–Trinajstić information content (AvgIpc) is 3.13. The molecule has 0 fully saturated rings. The molecule has 1 aliphatic rings. The van der Waals surface area contributed by atoms with Crippen LogP contribution in [0.2, 0.25) is 5.02 Å². The Morgan fingerprint density at radius 1 is 1.21 bits per heavy atom. The summed E-state index contributed by atoms with van der Waals surface area (Å²) in [7, 11) is -3.64. The monoisotopic (exact) mass is 435 g/mol. The van der Waals surface area contributed by atoms with Gasteiger partial charge in [-0.1, -0.05) is 43.6 Å². The third kappa shape index (κ3) is 4.27. The molecule has 1 amide bonds. The van der Waals surface area contributed by atoms with E-state index in [2.05, 4.69) is 16.3 Å². The highest BCUT2D eigenvalue weighted by Gasteiger charge is 2.28. The number of anilines is 2. The minimum Gasteiger partial charge on any atom is -0.359 e. The van der Waals surface area contributed by atoms with Gasteiger partial charge >= 0.3 is 0 Å². The van der Waals surface area contributed by atoms with Gasteiger partial charge in [-0.25, -0.2) is 8.42 Å². The van der Waals surface area contributed by atoms with E-state index in [1.54, 1.807) is 13.8 Å². The number of fused-ring (bicyclic) bond motifs is 1. The summed E-state index contributed by atoms with van der Waals surface area (Å²) >= 11 is 6.25. The molecule has 1 N–H and O–H groups in total. The summed E-state index contributed by atoms with van der Waals surface area (Å²) in [6.45, 7) is 6.91. The van der Waals surface area contributed by atoms with Gasteiger partial charge < -0.3 is 10.2 Å². The van der Waals surface area contributed by atoms with Crippen molar-refractivity contribution in [3.05, 3.63) is 53.1 Å². The number of hydrogen-bond donors (Lipinski definition) is 1. The van der Waals surface area contributed by atoms with Crippen molar-refractivity contribution in [3.8, 4) is 0 Å². The standard InChI is InChI=1S/C21H26ClN3O3S/c1-4-24(5-2)29(27,28)17-10-11-18(22)19(14-17)23-21(26)15(3)25-13-12-16-8-6-7-9-20(16)25/h6-11,14-15H,4-5,12-13H2,1-3H3,(H,23,26). The van der Waals surface area contributed by atoms with E-state index in [4.69, 9.17) is 11.6 Å². The van der Waals surface area contributed by atoms with Gasteiger partial charge in [0.1, 0.15) is 6.04 Å². The average molecular weight is 436 g/mol. The van der Waals surface area contributed by atoms with Gasteiger partial charge in [0.15, 0.2) is 0 Å². The molecule has 1 atom stereocenters. The molecule has 6 nitrogen and oxygen atoms in total. The Morgan fingerprint density at radius 3 is 2.59 bits per heavy atom. The molecular weight excluding hydrogens is 410 g/mol. The van der Waals surface area contributed by atoms with E-state index in [0.29, 0.717) is 23.8 Å². The zero-order chi connectivity index (χ0) is 21.2. The number of carbonyl (C=O) groups excluding carboxylic acids is 1. The van der Waals surface area contributed by atoms with Crippen LogP contribution in [0.5, 0.6) is 0 Å². The summed E-state index contributed by atoms with van der Waals surface area (Å²) in [6, 6.07) is 12.0. The Kier molecular flexibility index (Phi) is 6.51. The molecule has 0 spiro atoms. The Labute approximate surface area is 177 Å². The highest BCUT2D eigenvalue weighted by molar-refractivity contribution is 7.89. The maximum atomic E-state index is 12.9. The second kappa shape index (κ2) is 8.73. The van der Waals surface area contributed by atoms with E-state index in [0.717, 1.165) is 18.7 Å². The Hall–Kier alpha value is -2.09. The number of carbonyl (C=O) groups is 1. The smallest absolute Gasteiger partial charge is 0.246 e. The highest BCUT2D eigenvalue weighted by atomic mass is 35.5. The lowest BCUT2D eigenvalue weighted by atomic mass is 10.1. The molecule has 0 saturated carbocycles. The van der Waals surface area contributed by atoms with Crippen molar-refractivity contribution in [2.24, 2.45) is 0 Å². The lowest BCUT2D eigenvalue weighted by Gasteiger charge is -2.26. The van der Waals surface area contributed by atoms with E-state index < -0.39 is 16.1 Å². The summed E-state index contributed by atoms with van der Waals surface area (Å²) in [4.78, 5) is 15.1. The lowest BCUT2D eigenvalue weighted by Crippen LogP contribution is -2.41. The Bertz CT molecular complexity index is 1010. The van der Waals surface area contributed by atoms with Gasteiger partial charge in [-0.2, -0.15) is 4.31 Å². The predicted molar refractivity (Wildman–Crippen MR) is 117 cm³/mol. The highest BCUT2D eigenvalue weighted by Crippen LogP contribution is 2.31. The molecule has 0 aromatic heterocycles. The van der Waals surface area contributed by atoms with Crippen molar-refractivity contribution in [2.75, 3.05) is 29.9 Å². The molecule has 29 heavy (non-hydrogen) atoms. The minimum atomic E-state index is -3.64. The number of nitrogens with one attached hydrogen (secondary N) is 1. The molecule has 1 heterocycles. The quantitative estimate of drug-likeness (QED) is 0.718. The van der Waals surface area contributed by atoms with Gasteiger partial charge in [0, 0.05) is 25.3 Å². The lowest BCUT2D eigenvalue weighted by molar-refractivity contribution is -0.117. The molecule has 8 heteroatoms. The Morgan fingerprint density at radius 2 is 1.90 bits per heavy atom. The fourth-order valence-electron chi connectivity index (χ4n) is 3.62. The third-order valence-corrected chi connectivity index (χ3v) is 7.68.